The Hall–Kier alpha value is -2.63. The van der Waals surface area contributed by atoms with Crippen LogP contribution in [-0.4, -0.2) is 27.2 Å². The van der Waals surface area contributed by atoms with E-state index in [1.165, 1.54) is 6.07 Å². The number of benzene rings is 1. The van der Waals surface area contributed by atoms with Gasteiger partial charge in [-0.1, -0.05) is 17.7 Å². The van der Waals surface area contributed by atoms with E-state index in [9.17, 15) is 9.59 Å². The summed E-state index contributed by atoms with van der Waals surface area (Å²) < 4.78 is 0. The molecule has 1 heterocycles. The maximum absolute atomic E-state index is 11.8. The SMILES string of the molecule is Cc1ccc(C(=O)Nc2cc(C(=O)O)[nH]n2)cc1. The monoisotopic (exact) mass is 245 g/mol. The number of hydrogen-bond acceptors (Lipinski definition) is 3. The molecule has 3 N–H and O–H groups in total. The zero-order valence-corrected chi connectivity index (χ0v) is 9.60. The van der Waals surface area contributed by atoms with E-state index in [1.807, 2.05) is 19.1 Å². The Morgan fingerprint density at radius 3 is 2.50 bits per heavy atom. The molecule has 6 heteroatoms. The first kappa shape index (κ1) is 11.8. The van der Waals surface area contributed by atoms with Gasteiger partial charge in [-0.05, 0) is 19.1 Å². The highest BCUT2D eigenvalue weighted by Gasteiger charge is 2.11. The fourth-order valence-electron chi connectivity index (χ4n) is 1.39. The van der Waals surface area contributed by atoms with Crippen molar-refractivity contribution in [1.82, 2.24) is 10.2 Å². The van der Waals surface area contributed by atoms with Gasteiger partial charge >= 0.3 is 5.97 Å². The van der Waals surface area contributed by atoms with Crippen molar-refractivity contribution in [2.24, 2.45) is 0 Å². The summed E-state index contributed by atoms with van der Waals surface area (Å²) in [5.74, 6) is -1.28. The van der Waals surface area contributed by atoms with E-state index >= 15 is 0 Å². The van der Waals surface area contributed by atoms with Crippen molar-refractivity contribution in [3.05, 3.63) is 47.2 Å². The summed E-state index contributed by atoms with van der Waals surface area (Å²) in [5.41, 5.74) is 1.47. The number of carbonyl (C=O) groups is 2. The highest BCUT2D eigenvalue weighted by molar-refractivity contribution is 6.04. The Kier molecular flexibility index (Phi) is 3.09. The molecule has 92 valence electrons. The number of H-pyrrole nitrogens is 1. The molecule has 0 saturated heterocycles. The Labute approximate surface area is 103 Å². The number of rotatable bonds is 3. The summed E-state index contributed by atoms with van der Waals surface area (Å²) in [6.45, 7) is 1.93. The lowest BCUT2D eigenvalue weighted by Crippen LogP contribution is -2.11. The van der Waals surface area contributed by atoms with E-state index in [2.05, 4.69) is 15.5 Å². The summed E-state index contributed by atoms with van der Waals surface area (Å²) in [5, 5.41) is 17.2. The maximum Gasteiger partial charge on any atom is 0.353 e. The number of aryl methyl sites for hydroxylation is 1. The van der Waals surface area contributed by atoms with Crippen LogP contribution < -0.4 is 5.32 Å². The molecule has 1 aromatic carbocycles. The van der Waals surface area contributed by atoms with Gasteiger partial charge in [0.1, 0.15) is 5.69 Å². The van der Waals surface area contributed by atoms with Crippen molar-refractivity contribution in [2.75, 3.05) is 5.32 Å². The minimum atomic E-state index is -1.13. The lowest BCUT2D eigenvalue weighted by atomic mass is 10.1. The molecule has 0 radical (unpaired) electrons. The van der Waals surface area contributed by atoms with Gasteiger partial charge < -0.3 is 10.4 Å². The van der Waals surface area contributed by atoms with Crippen LogP contribution in [0.25, 0.3) is 0 Å². The van der Waals surface area contributed by atoms with Crippen molar-refractivity contribution in [3.8, 4) is 0 Å². The molecule has 6 nitrogen and oxygen atoms in total. The van der Waals surface area contributed by atoms with Crippen LogP contribution in [-0.2, 0) is 0 Å². The summed E-state index contributed by atoms with van der Waals surface area (Å²) in [6.07, 6.45) is 0. The number of aromatic amines is 1. The fourth-order valence-corrected chi connectivity index (χ4v) is 1.39. The average Bonchev–Trinajstić information content (AvgIpc) is 2.78. The van der Waals surface area contributed by atoms with Gasteiger partial charge in [-0.25, -0.2) is 4.79 Å². The highest BCUT2D eigenvalue weighted by Crippen LogP contribution is 2.09. The lowest BCUT2D eigenvalue weighted by molar-refractivity contribution is 0.0690. The van der Waals surface area contributed by atoms with E-state index < -0.39 is 5.97 Å². The van der Waals surface area contributed by atoms with Crippen LogP contribution in [0.4, 0.5) is 5.82 Å². The smallest absolute Gasteiger partial charge is 0.353 e. The van der Waals surface area contributed by atoms with Crippen LogP contribution in [0.2, 0.25) is 0 Å². The van der Waals surface area contributed by atoms with Gasteiger partial charge in [0.2, 0.25) is 0 Å². The second kappa shape index (κ2) is 4.70. The quantitative estimate of drug-likeness (QED) is 0.766. The summed E-state index contributed by atoms with van der Waals surface area (Å²) >= 11 is 0. The van der Waals surface area contributed by atoms with Crippen LogP contribution in [0.15, 0.2) is 30.3 Å². The number of carboxylic acid groups (broad SMARTS) is 1. The van der Waals surface area contributed by atoms with Crippen molar-refractivity contribution in [1.29, 1.82) is 0 Å². The van der Waals surface area contributed by atoms with Crippen molar-refractivity contribution < 1.29 is 14.7 Å². The topological polar surface area (TPSA) is 95.1 Å². The third-order valence-electron chi connectivity index (χ3n) is 2.36. The normalized spacial score (nSPS) is 10.1. The number of anilines is 1. The number of aromatic carboxylic acids is 1. The van der Waals surface area contributed by atoms with Crippen LogP contribution in [0.1, 0.15) is 26.4 Å². The molecule has 0 bridgehead atoms. The minimum absolute atomic E-state index is 0.0748. The molecule has 0 aliphatic rings. The first-order valence-corrected chi connectivity index (χ1v) is 5.23. The van der Waals surface area contributed by atoms with Crippen molar-refractivity contribution in [3.63, 3.8) is 0 Å². The van der Waals surface area contributed by atoms with E-state index in [1.54, 1.807) is 12.1 Å². The number of nitrogens with one attached hydrogen (secondary N) is 2. The summed E-state index contributed by atoms with van der Waals surface area (Å²) in [7, 11) is 0. The van der Waals surface area contributed by atoms with Gasteiger partial charge in [-0.2, -0.15) is 5.10 Å². The second-order valence-electron chi connectivity index (χ2n) is 3.79. The van der Waals surface area contributed by atoms with E-state index in [0.29, 0.717) is 5.56 Å². The highest BCUT2D eigenvalue weighted by atomic mass is 16.4. The molecular formula is C12H11N3O3. The Morgan fingerprint density at radius 2 is 1.94 bits per heavy atom. The van der Waals surface area contributed by atoms with Crippen LogP contribution >= 0.6 is 0 Å². The molecule has 0 atom stereocenters. The predicted octanol–water partition coefficient (Wildman–Crippen LogP) is 1.67. The molecular weight excluding hydrogens is 234 g/mol. The second-order valence-corrected chi connectivity index (χ2v) is 3.79. The molecule has 0 spiro atoms. The molecule has 0 fully saturated rings. The van der Waals surface area contributed by atoms with E-state index in [4.69, 9.17) is 5.11 Å². The molecule has 0 aliphatic heterocycles. The number of nitrogens with zero attached hydrogens (tertiary/aromatic N) is 1. The zero-order chi connectivity index (χ0) is 13.1. The molecule has 2 rings (SSSR count). The first-order chi connectivity index (χ1) is 8.56. The maximum atomic E-state index is 11.8. The molecule has 0 unspecified atom stereocenters. The number of aromatic nitrogens is 2. The van der Waals surface area contributed by atoms with Crippen molar-refractivity contribution >= 4 is 17.7 Å². The van der Waals surface area contributed by atoms with Crippen molar-refractivity contribution in [2.45, 2.75) is 6.92 Å². The third kappa shape index (κ3) is 2.54. The standard InChI is InChI=1S/C12H11N3O3/c1-7-2-4-8(5-3-7)11(16)13-10-6-9(12(17)18)14-15-10/h2-6H,1H3,(H,17,18)(H2,13,14,15,16). The first-order valence-electron chi connectivity index (χ1n) is 5.23. The zero-order valence-electron chi connectivity index (χ0n) is 9.60. The fraction of sp³-hybridized carbons (Fsp3) is 0.0833. The number of amides is 1. The Bertz CT molecular complexity index is 587. The van der Waals surface area contributed by atoms with E-state index in [-0.39, 0.29) is 17.4 Å². The van der Waals surface area contributed by atoms with Crippen LogP contribution in [0, 0.1) is 6.92 Å². The minimum Gasteiger partial charge on any atom is -0.477 e. The molecule has 1 amide bonds. The summed E-state index contributed by atoms with van der Waals surface area (Å²) in [6, 6.07) is 8.28. The van der Waals surface area contributed by atoms with Gasteiger partial charge in [0.05, 0.1) is 0 Å². The lowest BCUT2D eigenvalue weighted by Gasteiger charge is -2.01. The summed E-state index contributed by atoms with van der Waals surface area (Å²) in [4.78, 5) is 22.4. The Balaban J connectivity index is 2.11. The molecule has 0 saturated carbocycles. The molecule has 18 heavy (non-hydrogen) atoms. The number of hydrogen-bond donors (Lipinski definition) is 3. The van der Waals surface area contributed by atoms with E-state index in [0.717, 1.165) is 5.56 Å². The van der Waals surface area contributed by atoms with Gasteiger partial charge in [0.25, 0.3) is 5.91 Å². The van der Waals surface area contributed by atoms with Crippen LogP contribution in [0.3, 0.4) is 0 Å². The van der Waals surface area contributed by atoms with Gasteiger partial charge in [0, 0.05) is 11.6 Å². The Morgan fingerprint density at radius 1 is 1.28 bits per heavy atom. The van der Waals surface area contributed by atoms with Gasteiger partial charge in [-0.3, -0.25) is 9.89 Å². The van der Waals surface area contributed by atoms with Gasteiger partial charge in [-0.15, -0.1) is 0 Å². The molecule has 2 aromatic rings. The molecule has 1 aromatic heterocycles. The van der Waals surface area contributed by atoms with Crippen LogP contribution in [0.5, 0.6) is 0 Å². The predicted molar refractivity (Wildman–Crippen MR) is 64.7 cm³/mol. The number of carboxylic acids is 1. The van der Waals surface area contributed by atoms with Gasteiger partial charge in [0.15, 0.2) is 5.82 Å². The molecule has 0 aliphatic carbocycles. The third-order valence-corrected chi connectivity index (χ3v) is 2.36. The number of carbonyl (C=O) groups excluding carboxylic acids is 1. The largest absolute Gasteiger partial charge is 0.477 e. The average molecular weight is 245 g/mol.